The van der Waals surface area contributed by atoms with Crippen molar-refractivity contribution in [3.63, 3.8) is 0 Å². The van der Waals surface area contributed by atoms with Crippen LogP contribution in [0.4, 0.5) is 11.4 Å². The molecule has 0 saturated carbocycles. The number of hydrogen-bond donors (Lipinski definition) is 2. The molecule has 2 rings (SSSR count). The van der Waals surface area contributed by atoms with Crippen molar-refractivity contribution < 1.29 is 14.3 Å². The van der Waals surface area contributed by atoms with Crippen LogP contribution in [0.2, 0.25) is 15.1 Å². The lowest BCUT2D eigenvalue weighted by molar-refractivity contribution is -0.119. The number of anilines is 2. The quantitative estimate of drug-likeness (QED) is 0.692. The first-order valence-electron chi connectivity index (χ1n) is 7.85. The third-order valence-electron chi connectivity index (χ3n) is 3.47. The summed E-state index contributed by atoms with van der Waals surface area (Å²) in [5.74, 6) is -0.148. The summed E-state index contributed by atoms with van der Waals surface area (Å²) in [5.41, 5.74) is 0.870. The van der Waals surface area contributed by atoms with Gasteiger partial charge in [0.2, 0.25) is 11.8 Å². The fourth-order valence-electron chi connectivity index (χ4n) is 2.30. The number of methoxy groups -OCH3 is 1. The lowest BCUT2D eigenvalue weighted by Crippen LogP contribution is -2.36. The Morgan fingerprint density at radius 1 is 0.926 bits per heavy atom. The van der Waals surface area contributed by atoms with Crippen LogP contribution in [-0.4, -0.2) is 44.0 Å². The molecule has 0 fully saturated rings. The van der Waals surface area contributed by atoms with Crippen LogP contribution in [-0.2, 0) is 9.59 Å². The first kappa shape index (κ1) is 21.3. The van der Waals surface area contributed by atoms with E-state index in [4.69, 9.17) is 39.5 Å². The van der Waals surface area contributed by atoms with Gasteiger partial charge < -0.3 is 15.4 Å². The lowest BCUT2D eigenvalue weighted by Gasteiger charge is -2.17. The number of nitrogens with zero attached hydrogens (tertiary/aromatic N) is 1. The van der Waals surface area contributed by atoms with Crippen LogP contribution in [0.3, 0.4) is 0 Å². The van der Waals surface area contributed by atoms with E-state index >= 15 is 0 Å². The standard InChI is InChI=1S/C18H18Cl3N3O3/c1-24(9-17(25)22-14-7-11(19)3-5-13(14)21)10-18(26)23-15-8-12(20)4-6-16(15)27-2/h3-8H,9-10H2,1-2H3,(H,22,25)(H,23,26). The van der Waals surface area contributed by atoms with E-state index in [9.17, 15) is 9.59 Å². The number of likely N-dealkylation sites (N-methyl/N-ethyl adjacent to an activating group) is 1. The Bertz CT molecular complexity index is 846. The molecule has 0 heterocycles. The topological polar surface area (TPSA) is 70.7 Å². The number of carbonyl (C=O) groups excluding carboxylic acids is 2. The molecule has 27 heavy (non-hydrogen) atoms. The minimum atomic E-state index is -0.324. The second kappa shape index (κ2) is 9.80. The molecule has 2 amide bonds. The third-order valence-corrected chi connectivity index (χ3v) is 4.26. The van der Waals surface area contributed by atoms with E-state index < -0.39 is 0 Å². The van der Waals surface area contributed by atoms with Crippen molar-refractivity contribution in [3.8, 4) is 5.75 Å². The second-order valence-corrected chi connectivity index (χ2v) is 7.02. The summed E-state index contributed by atoms with van der Waals surface area (Å²) in [7, 11) is 3.14. The summed E-state index contributed by atoms with van der Waals surface area (Å²) >= 11 is 17.9. The molecule has 144 valence electrons. The van der Waals surface area contributed by atoms with Crippen LogP contribution in [0.25, 0.3) is 0 Å². The van der Waals surface area contributed by atoms with Crippen molar-refractivity contribution in [2.24, 2.45) is 0 Å². The van der Waals surface area contributed by atoms with Gasteiger partial charge in [0, 0.05) is 10.0 Å². The molecule has 0 aliphatic carbocycles. The first-order chi connectivity index (χ1) is 12.8. The number of hydrogen-bond acceptors (Lipinski definition) is 4. The molecule has 0 spiro atoms. The Morgan fingerprint density at radius 2 is 1.44 bits per heavy atom. The summed E-state index contributed by atoms with van der Waals surface area (Å²) in [5, 5.41) is 6.68. The van der Waals surface area contributed by atoms with Gasteiger partial charge in [-0.1, -0.05) is 34.8 Å². The van der Waals surface area contributed by atoms with E-state index in [1.165, 1.54) is 7.11 Å². The predicted octanol–water partition coefficient (Wildman–Crippen LogP) is 4.16. The third kappa shape index (κ3) is 6.59. The van der Waals surface area contributed by atoms with E-state index in [-0.39, 0.29) is 24.9 Å². The molecule has 6 nitrogen and oxygen atoms in total. The van der Waals surface area contributed by atoms with Gasteiger partial charge in [-0.05, 0) is 43.4 Å². The van der Waals surface area contributed by atoms with Gasteiger partial charge >= 0.3 is 0 Å². The lowest BCUT2D eigenvalue weighted by atomic mass is 10.3. The molecule has 2 aromatic carbocycles. The van der Waals surface area contributed by atoms with Crippen LogP contribution in [0, 0.1) is 0 Å². The molecule has 0 saturated heterocycles. The van der Waals surface area contributed by atoms with Gasteiger partial charge in [-0.3, -0.25) is 14.5 Å². The average Bonchev–Trinajstić information content (AvgIpc) is 2.58. The molecular weight excluding hydrogens is 413 g/mol. The Labute approximate surface area is 172 Å². The minimum Gasteiger partial charge on any atom is -0.495 e. The van der Waals surface area contributed by atoms with Crippen molar-refractivity contribution >= 4 is 58.0 Å². The number of ether oxygens (including phenoxy) is 1. The van der Waals surface area contributed by atoms with Crippen LogP contribution in [0.5, 0.6) is 5.75 Å². The highest BCUT2D eigenvalue weighted by Gasteiger charge is 2.14. The average molecular weight is 431 g/mol. The Morgan fingerprint density at radius 3 is 2.04 bits per heavy atom. The highest BCUT2D eigenvalue weighted by Crippen LogP contribution is 2.27. The maximum Gasteiger partial charge on any atom is 0.238 e. The predicted molar refractivity (Wildman–Crippen MR) is 109 cm³/mol. The minimum absolute atomic E-state index is 0.00757. The number of nitrogens with one attached hydrogen (secondary N) is 2. The Kier molecular flexibility index (Phi) is 7.74. The second-order valence-electron chi connectivity index (χ2n) is 5.74. The van der Waals surface area contributed by atoms with Crippen molar-refractivity contribution in [3.05, 3.63) is 51.5 Å². The number of halogens is 3. The number of rotatable bonds is 7. The summed E-state index contributed by atoms with van der Waals surface area (Å²) in [4.78, 5) is 25.9. The molecule has 2 aromatic rings. The fraction of sp³-hybridized carbons (Fsp3) is 0.222. The number of amides is 2. The monoisotopic (exact) mass is 429 g/mol. The molecule has 0 radical (unpaired) electrons. The maximum absolute atomic E-state index is 12.2. The summed E-state index contributed by atoms with van der Waals surface area (Å²) < 4.78 is 5.18. The highest BCUT2D eigenvalue weighted by molar-refractivity contribution is 6.35. The van der Waals surface area contributed by atoms with Gasteiger partial charge in [0.1, 0.15) is 5.75 Å². The summed E-state index contributed by atoms with van der Waals surface area (Å²) in [6, 6.07) is 9.68. The van der Waals surface area contributed by atoms with Gasteiger partial charge in [0.05, 0.1) is 36.6 Å². The van der Waals surface area contributed by atoms with Gasteiger partial charge in [-0.25, -0.2) is 0 Å². The summed E-state index contributed by atoms with van der Waals surface area (Å²) in [6.07, 6.45) is 0. The van der Waals surface area contributed by atoms with E-state index in [0.29, 0.717) is 32.2 Å². The van der Waals surface area contributed by atoms with Crippen molar-refractivity contribution in [2.75, 3.05) is 37.9 Å². The van der Waals surface area contributed by atoms with Gasteiger partial charge in [0.15, 0.2) is 0 Å². The van der Waals surface area contributed by atoms with Crippen molar-refractivity contribution in [1.82, 2.24) is 4.90 Å². The molecule has 0 atom stereocenters. The van der Waals surface area contributed by atoms with E-state index in [2.05, 4.69) is 10.6 Å². The molecule has 0 aromatic heterocycles. The Hall–Kier alpha value is -1.99. The van der Waals surface area contributed by atoms with Gasteiger partial charge in [0.25, 0.3) is 0 Å². The molecular formula is C18H18Cl3N3O3. The highest BCUT2D eigenvalue weighted by atomic mass is 35.5. The SMILES string of the molecule is COc1ccc(Cl)cc1NC(=O)CN(C)CC(=O)Nc1cc(Cl)ccc1Cl. The smallest absolute Gasteiger partial charge is 0.238 e. The molecule has 0 bridgehead atoms. The van der Waals surface area contributed by atoms with Crippen molar-refractivity contribution in [1.29, 1.82) is 0 Å². The molecule has 0 aliphatic heterocycles. The molecule has 9 heteroatoms. The first-order valence-corrected chi connectivity index (χ1v) is 8.98. The van der Waals surface area contributed by atoms with E-state index in [0.717, 1.165) is 0 Å². The van der Waals surface area contributed by atoms with E-state index in [1.807, 2.05) is 0 Å². The zero-order valence-corrected chi connectivity index (χ0v) is 17.0. The number of benzene rings is 2. The van der Waals surface area contributed by atoms with Crippen molar-refractivity contribution in [2.45, 2.75) is 0 Å². The maximum atomic E-state index is 12.2. The van der Waals surface area contributed by atoms with Crippen LogP contribution < -0.4 is 15.4 Å². The van der Waals surface area contributed by atoms with Crippen LogP contribution in [0.1, 0.15) is 0 Å². The fourth-order valence-corrected chi connectivity index (χ4v) is 2.81. The van der Waals surface area contributed by atoms with Crippen LogP contribution in [0.15, 0.2) is 36.4 Å². The van der Waals surface area contributed by atoms with Crippen LogP contribution >= 0.6 is 34.8 Å². The normalized spacial score (nSPS) is 10.6. The Balaban J connectivity index is 1.90. The zero-order chi connectivity index (χ0) is 20.0. The number of carbonyl (C=O) groups is 2. The molecule has 0 aliphatic rings. The van der Waals surface area contributed by atoms with E-state index in [1.54, 1.807) is 48.3 Å². The zero-order valence-electron chi connectivity index (χ0n) is 14.7. The van der Waals surface area contributed by atoms with Gasteiger partial charge in [-0.2, -0.15) is 0 Å². The molecule has 2 N–H and O–H groups in total. The van der Waals surface area contributed by atoms with Gasteiger partial charge in [-0.15, -0.1) is 0 Å². The summed E-state index contributed by atoms with van der Waals surface area (Å²) in [6.45, 7) is -0.0185. The molecule has 0 unspecified atom stereocenters. The largest absolute Gasteiger partial charge is 0.495 e.